The van der Waals surface area contributed by atoms with Crippen LogP contribution in [-0.4, -0.2) is 17.7 Å². The Hall–Kier alpha value is -4.29. The van der Waals surface area contributed by atoms with Crippen molar-refractivity contribution in [2.45, 2.75) is 53.4 Å². The first-order valence-electron chi connectivity index (χ1n) is 12.5. The molecule has 0 aromatic heterocycles. The maximum absolute atomic E-state index is 13.9. The fraction of sp³-hybridized carbons (Fsp3) is 0.321. The van der Waals surface area contributed by atoms with Gasteiger partial charge in [-0.3, -0.25) is 0 Å². The van der Waals surface area contributed by atoms with Crippen molar-refractivity contribution in [3.63, 3.8) is 0 Å². The Kier molecular flexibility index (Phi) is 10.7. The molecule has 0 atom stereocenters. The zero-order valence-electron chi connectivity index (χ0n) is 23.1. The van der Waals surface area contributed by atoms with Crippen molar-refractivity contribution in [1.82, 2.24) is 0 Å². The number of allylic oxidation sites excluding steroid dienone is 2. The van der Waals surface area contributed by atoms with Gasteiger partial charge in [-0.25, -0.2) is 14.8 Å². The number of aliphatic imine (C=N–C) groups is 2. The van der Waals surface area contributed by atoms with Crippen LogP contribution in [0.3, 0.4) is 0 Å². The number of amidine groups is 2. The third-order valence-electron chi connectivity index (χ3n) is 5.73. The van der Waals surface area contributed by atoms with Crippen molar-refractivity contribution in [3.05, 3.63) is 70.8 Å². The molecule has 0 unspecified atom stereocenters. The molecule has 0 saturated heterocycles. The number of carbonyl (C=O) groups excluding carboxylic acids is 1. The molecule has 2 amide bonds. The third-order valence-corrected chi connectivity index (χ3v) is 5.73. The molecule has 6 N–H and O–H groups in total. The maximum atomic E-state index is 13.9. The van der Waals surface area contributed by atoms with E-state index in [2.05, 4.69) is 20.6 Å². The van der Waals surface area contributed by atoms with Crippen LogP contribution in [0.1, 0.15) is 63.3 Å². The van der Waals surface area contributed by atoms with Gasteiger partial charge in [0.25, 0.3) is 0 Å². The predicted octanol–water partition coefficient (Wildman–Crippen LogP) is 7.87. The second-order valence-electron chi connectivity index (χ2n) is 9.09. The van der Waals surface area contributed by atoms with Crippen LogP contribution >= 0.6 is 0 Å². The Morgan fingerprint density at radius 2 is 1.24 bits per heavy atom. The summed E-state index contributed by atoms with van der Waals surface area (Å²) in [4.78, 5) is 20.7. The van der Waals surface area contributed by atoms with Crippen LogP contribution in [0.4, 0.5) is 42.5 Å². The zero-order valence-corrected chi connectivity index (χ0v) is 23.1. The Morgan fingerprint density at radius 1 is 0.829 bits per heavy atom. The van der Waals surface area contributed by atoms with Crippen LogP contribution in [0.2, 0.25) is 0 Å². The normalized spacial score (nSPS) is 14.0. The van der Waals surface area contributed by atoms with E-state index in [1.807, 2.05) is 0 Å². The number of nitrogens with zero attached hydrogens (tertiary/aromatic N) is 2. The van der Waals surface area contributed by atoms with Gasteiger partial charge in [-0.2, -0.15) is 26.3 Å². The van der Waals surface area contributed by atoms with Gasteiger partial charge < -0.3 is 22.1 Å². The van der Waals surface area contributed by atoms with E-state index in [0.717, 1.165) is 12.1 Å². The van der Waals surface area contributed by atoms with Crippen molar-refractivity contribution in [1.29, 1.82) is 0 Å². The minimum atomic E-state index is -4.81. The predicted molar refractivity (Wildman–Crippen MR) is 151 cm³/mol. The first-order chi connectivity index (χ1) is 19.0. The zero-order chi connectivity index (χ0) is 31.1. The van der Waals surface area contributed by atoms with Gasteiger partial charge in [0, 0.05) is 34.8 Å². The summed E-state index contributed by atoms with van der Waals surface area (Å²) in [6.07, 6.45) is -6.55. The number of nitrogens with two attached hydrogens (primary N) is 2. The van der Waals surface area contributed by atoms with Gasteiger partial charge in [-0.15, -0.1) is 0 Å². The maximum Gasteiger partial charge on any atom is 0.417 e. The van der Waals surface area contributed by atoms with Crippen LogP contribution in [0, 0.1) is 5.92 Å². The largest absolute Gasteiger partial charge is 0.417 e. The SMILES string of the molecule is C/C=C(\N=C(N)CC)c1ccc(NC(=O)Nc2ccc(/C(=C/C)N=C(N)C(C)C)c(C(F)(F)F)c2)cc1C(F)(F)F. The summed E-state index contributed by atoms with van der Waals surface area (Å²) in [6.45, 7) is 8.19. The standard InChI is InChI=1S/C28H32F6N6O/c1-6-22(39-24(35)8-3)18-11-9-16(13-20(18)27(29,30)31)37-26(41)38-17-10-12-19(21(14-17)28(32,33)34)23(7-2)40-25(36)15(4)5/h6-7,9-15H,8H2,1-5H3,(H2,35,39)(H2,36,40)(H2,37,38,41)/b22-6-,23-7-. The number of hydrogen-bond acceptors (Lipinski definition) is 3. The number of urea groups is 1. The lowest BCUT2D eigenvalue weighted by Gasteiger charge is -2.17. The second kappa shape index (κ2) is 13.4. The summed E-state index contributed by atoms with van der Waals surface area (Å²) in [5.74, 6) is 0.0654. The molecule has 0 saturated carbocycles. The molecule has 0 heterocycles. The van der Waals surface area contributed by atoms with E-state index in [-0.39, 0.29) is 51.5 Å². The summed E-state index contributed by atoms with van der Waals surface area (Å²) in [7, 11) is 0. The van der Waals surface area contributed by atoms with Gasteiger partial charge in [0.15, 0.2) is 0 Å². The van der Waals surface area contributed by atoms with Crippen LogP contribution in [-0.2, 0) is 12.4 Å². The average molecular weight is 583 g/mol. The molecule has 222 valence electrons. The van der Waals surface area contributed by atoms with Crippen molar-refractivity contribution in [3.8, 4) is 0 Å². The number of amides is 2. The molecule has 7 nitrogen and oxygen atoms in total. The highest BCUT2D eigenvalue weighted by Crippen LogP contribution is 2.39. The topological polar surface area (TPSA) is 118 Å². The molecule has 0 fully saturated rings. The number of halogens is 6. The van der Waals surface area contributed by atoms with Gasteiger partial charge in [0.1, 0.15) is 5.84 Å². The molecule has 0 aliphatic carbocycles. The molecule has 0 aliphatic rings. The highest BCUT2D eigenvalue weighted by atomic mass is 19.4. The molecule has 41 heavy (non-hydrogen) atoms. The van der Waals surface area contributed by atoms with E-state index in [1.165, 1.54) is 38.1 Å². The van der Waals surface area contributed by atoms with E-state index < -0.39 is 29.5 Å². The van der Waals surface area contributed by atoms with Gasteiger partial charge in [-0.1, -0.05) is 45.1 Å². The van der Waals surface area contributed by atoms with Gasteiger partial charge in [0.05, 0.1) is 28.4 Å². The molecule has 0 radical (unpaired) electrons. The number of hydrogen-bond donors (Lipinski definition) is 4. The van der Waals surface area contributed by atoms with E-state index in [0.29, 0.717) is 18.6 Å². The molecule has 2 rings (SSSR count). The Morgan fingerprint density at radius 3 is 1.59 bits per heavy atom. The van der Waals surface area contributed by atoms with Crippen LogP contribution in [0.15, 0.2) is 58.5 Å². The smallest absolute Gasteiger partial charge is 0.387 e. The van der Waals surface area contributed by atoms with Crippen molar-refractivity contribution in [2.24, 2.45) is 27.4 Å². The van der Waals surface area contributed by atoms with Gasteiger partial charge in [-0.05, 0) is 38.1 Å². The van der Waals surface area contributed by atoms with Gasteiger partial charge >= 0.3 is 18.4 Å². The van der Waals surface area contributed by atoms with Crippen molar-refractivity contribution in [2.75, 3.05) is 10.6 Å². The molecule has 2 aromatic carbocycles. The summed E-state index contributed by atoms with van der Waals surface area (Å²) in [5, 5.41) is 4.45. The Bertz CT molecular complexity index is 1390. The van der Waals surface area contributed by atoms with Crippen LogP contribution < -0.4 is 22.1 Å². The van der Waals surface area contributed by atoms with Crippen molar-refractivity contribution < 1.29 is 31.1 Å². The summed E-state index contributed by atoms with van der Waals surface area (Å²) >= 11 is 0. The fourth-order valence-electron chi connectivity index (χ4n) is 3.52. The number of rotatable bonds is 8. The van der Waals surface area contributed by atoms with E-state index in [4.69, 9.17) is 11.5 Å². The highest BCUT2D eigenvalue weighted by molar-refractivity contribution is 6.00. The lowest BCUT2D eigenvalue weighted by Crippen LogP contribution is -2.21. The monoisotopic (exact) mass is 582 g/mol. The number of anilines is 2. The number of carbonyl (C=O) groups is 1. The molecular weight excluding hydrogens is 550 g/mol. The van der Waals surface area contributed by atoms with Crippen LogP contribution in [0.5, 0.6) is 0 Å². The molecule has 13 heteroatoms. The number of alkyl halides is 6. The third kappa shape index (κ3) is 8.85. The number of benzene rings is 2. The minimum absolute atomic E-state index is 0.00701. The number of nitrogens with one attached hydrogen (secondary N) is 2. The summed E-state index contributed by atoms with van der Waals surface area (Å²) in [6, 6.07) is 5.04. The lowest BCUT2D eigenvalue weighted by atomic mass is 10.0. The average Bonchev–Trinajstić information content (AvgIpc) is 2.89. The molecular formula is C28H32F6N6O. The van der Waals surface area contributed by atoms with Crippen molar-refractivity contribution >= 4 is 40.5 Å². The van der Waals surface area contributed by atoms with Crippen LogP contribution in [0.25, 0.3) is 11.4 Å². The first-order valence-corrected chi connectivity index (χ1v) is 12.5. The highest BCUT2D eigenvalue weighted by Gasteiger charge is 2.36. The molecule has 0 spiro atoms. The van der Waals surface area contributed by atoms with Gasteiger partial charge in [0.2, 0.25) is 0 Å². The van der Waals surface area contributed by atoms with E-state index in [9.17, 15) is 31.1 Å². The fourth-order valence-corrected chi connectivity index (χ4v) is 3.52. The minimum Gasteiger partial charge on any atom is -0.387 e. The van der Waals surface area contributed by atoms with E-state index >= 15 is 0 Å². The molecule has 2 aromatic rings. The van der Waals surface area contributed by atoms with E-state index in [1.54, 1.807) is 20.8 Å². The quantitative estimate of drug-likeness (QED) is 0.144. The summed E-state index contributed by atoms with van der Waals surface area (Å²) in [5.41, 5.74) is 8.34. The Labute approximate surface area is 234 Å². The lowest BCUT2D eigenvalue weighted by molar-refractivity contribution is -0.138. The first kappa shape index (κ1) is 32.9. The molecule has 0 bridgehead atoms. The Balaban J connectivity index is 2.41. The summed E-state index contributed by atoms with van der Waals surface area (Å²) < 4.78 is 83.4. The molecule has 0 aliphatic heterocycles. The second-order valence-corrected chi connectivity index (χ2v) is 9.09.